The monoisotopic (exact) mass is 520 g/mol. The minimum atomic E-state index is -1.26. The zero-order valence-corrected chi connectivity index (χ0v) is 21.7. The molecule has 12 heteroatoms. The van der Waals surface area contributed by atoms with Crippen molar-refractivity contribution in [1.82, 2.24) is 21.3 Å². The first kappa shape index (κ1) is 31.1. The van der Waals surface area contributed by atoms with E-state index in [4.69, 9.17) is 5.11 Å². The Labute approximate surface area is 215 Å². The molecule has 1 rings (SSSR count). The second-order valence-electron chi connectivity index (χ2n) is 9.06. The van der Waals surface area contributed by atoms with E-state index < -0.39 is 71.9 Å². The summed E-state index contributed by atoms with van der Waals surface area (Å²) in [5, 5.41) is 28.4. The second-order valence-corrected chi connectivity index (χ2v) is 9.06. The molecule has 12 nitrogen and oxygen atoms in total. The molecule has 0 radical (unpaired) electrons. The SMILES string of the molecule is CCC(=O)[C@H](CC(=O)O)NC(=O)[C@H](C)NC(=O)[C@@H](NC(=O)[C@H](Cc1ccc(O)cc1)NC(C)=O)C(C)C. The molecule has 0 heterocycles. The number of carboxylic acid groups (broad SMARTS) is 1. The largest absolute Gasteiger partial charge is 0.508 e. The summed E-state index contributed by atoms with van der Waals surface area (Å²) >= 11 is 0. The van der Waals surface area contributed by atoms with Gasteiger partial charge in [0.15, 0.2) is 5.78 Å². The quantitative estimate of drug-likeness (QED) is 0.198. The predicted molar refractivity (Wildman–Crippen MR) is 133 cm³/mol. The maximum Gasteiger partial charge on any atom is 0.305 e. The summed E-state index contributed by atoms with van der Waals surface area (Å²) in [6, 6.07) is 1.67. The van der Waals surface area contributed by atoms with E-state index in [0.29, 0.717) is 5.56 Å². The Morgan fingerprint density at radius 3 is 1.89 bits per heavy atom. The molecule has 0 aromatic heterocycles. The molecule has 0 unspecified atom stereocenters. The topological polar surface area (TPSA) is 191 Å². The van der Waals surface area contributed by atoms with E-state index in [0.717, 1.165) is 0 Å². The van der Waals surface area contributed by atoms with Gasteiger partial charge in [-0.05, 0) is 30.5 Å². The summed E-state index contributed by atoms with van der Waals surface area (Å²) < 4.78 is 0. The Balaban J connectivity index is 2.92. The highest BCUT2D eigenvalue weighted by Crippen LogP contribution is 2.12. The highest BCUT2D eigenvalue weighted by molar-refractivity contribution is 5.96. The van der Waals surface area contributed by atoms with E-state index in [2.05, 4.69) is 21.3 Å². The third kappa shape index (κ3) is 10.7. The van der Waals surface area contributed by atoms with Crippen LogP contribution in [0.4, 0.5) is 0 Å². The number of aromatic hydroxyl groups is 1. The number of carbonyl (C=O) groups is 6. The third-order valence-electron chi connectivity index (χ3n) is 5.50. The normalized spacial score (nSPS) is 14.0. The first-order valence-electron chi connectivity index (χ1n) is 12.0. The van der Waals surface area contributed by atoms with Gasteiger partial charge < -0.3 is 31.5 Å². The van der Waals surface area contributed by atoms with Gasteiger partial charge in [-0.15, -0.1) is 0 Å². The lowest BCUT2D eigenvalue weighted by Gasteiger charge is -2.27. The van der Waals surface area contributed by atoms with E-state index in [-0.39, 0.29) is 18.6 Å². The van der Waals surface area contributed by atoms with Gasteiger partial charge in [0.05, 0.1) is 12.5 Å². The van der Waals surface area contributed by atoms with Crippen molar-refractivity contribution in [2.45, 2.75) is 78.0 Å². The molecule has 0 spiro atoms. The number of benzene rings is 1. The molecule has 204 valence electrons. The summed E-state index contributed by atoms with van der Waals surface area (Å²) in [4.78, 5) is 73.2. The number of amides is 4. The van der Waals surface area contributed by atoms with E-state index in [1.807, 2.05) is 0 Å². The highest BCUT2D eigenvalue weighted by atomic mass is 16.4. The zero-order valence-electron chi connectivity index (χ0n) is 21.7. The number of phenols is 1. The zero-order chi connectivity index (χ0) is 28.3. The molecular weight excluding hydrogens is 484 g/mol. The van der Waals surface area contributed by atoms with Gasteiger partial charge in [0.2, 0.25) is 23.6 Å². The summed E-state index contributed by atoms with van der Waals surface area (Å²) in [6.07, 6.45) is -0.456. The summed E-state index contributed by atoms with van der Waals surface area (Å²) in [6.45, 7) is 7.54. The van der Waals surface area contributed by atoms with Gasteiger partial charge in [-0.1, -0.05) is 32.9 Å². The standard InChI is InChI=1S/C25H36N4O8/c1-6-20(32)18(12-21(33)34)28-23(35)14(4)26-25(37)22(13(2)3)29-24(36)19(27-15(5)30)11-16-7-9-17(31)10-8-16/h7-10,13-14,18-19,22,31H,6,11-12H2,1-5H3,(H,26,37)(H,27,30)(H,28,35)(H,29,36)(H,33,34)/t14-,18-,19-,22-/m0/s1. The van der Waals surface area contributed by atoms with Crippen LogP contribution in [0.5, 0.6) is 5.75 Å². The number of hydrogen-bond donors (Lipinski definition) is 6. The minimum absolute atomic E-state index is 0.0278. The van der Waals surface area contributed by atoms with Crippen LogP contribution >= 0.6 is 0 Å². The maximum atomic E-state index is 13.0. The van der Waals surface area contributed by atoms with Gasteiger partial charge in [-0.3, -0.25) is 28.8 Å². The van der Waals surface area contributed by atoms with E-state index >= 15 is 0 Å². The van der Waals surface area contributed by atoms with Crippen LogP contribution in [0, 0.1) is 5.92 Å². The molecule has 37 heavy (non-hydrogen) atoms. The Bertz CT molecular complexity index is 993. The van der Waals surface area contributed by atoms with Crippen molar-refractivity contribution in [3.63, 3.8) is 0 Å². The van der Waals surface area contributed by atoms with Crippen LogP contribution in [-0.2, 0) is 35.2 Å². The number of carbonyl (C=O) groups excluding carboxylic acids is 5. The van der Waals surface area contributed by atoms with Crippen molar-refractivity contribution < 1.29 is 39.0 Å². The van der Waals surface area contributed by atoms with Crippen molar-refractivity contribution >= 4 is 35.4 Å². The van der Waals surface area contributed by atoms with Crippen LogP contribution in [0.15, 0.2) is 24.3 Å². The van der Waals surface area contributed by atoms with E-state index in [1.54, 1.807) is 32.9 Å². The van der Waals surface area contributed by atoms with Gasteiger partial charge in [-0.25, -0.2) is 0 Å². The lowest BCUT2D eigenvalue weighted by atomic mass is 10.0. The Morgan fingerprint density at radius 2 is 1.41 bits per heavy atom. The number of hydrogen-bond acceptors (Lipinski definition) is 7. The fourth-order valence-corrected chi connectivity index (χ4v) is 3.44. The van der Waals surface area contributed by atoms with Crippen LogP contribution in [0.3, 0.4) is 0 Å². The smallest absolute Gasteiger partial charge is 0.305 e. The summed E-state index contributed by atoms with van der Waals surface area (Å²) in [7, 11) is 0. The van der Waals surface area contributed by atoms with Crippen molar-refractivity contribution in [1.29, 1.82) is 0 Å². The van der Waals surface area contributed by atoms with Crippen LogP contribution < -0.4 is 21.3 Å². The number of ketones is 1. The molecule has 0 aliphatic rings. The molecule has 6 N–H and O–H groups in total. The Kier molecular flexibility index (Phi) is 12.2. The molecule has 1 aromatic carbocycles. The van der Waals surface area contributed by atoms with Crippen molar-refractivity contribution in [2.24, 2.45) is 5.92 Å². The Hall–Kier alpha value is -3.96. The summed E-state index contributed by atoms with van der Waals surface area (Å²) in [5.41, 5.74) is 0.667. The first-order chi connectivity index (χ1) is 17.2. The number of nitrogens with one attached hydrogen (secondary N) is 4. The van der Waals surface area contributed by atoms with Gasteiger partial charge in [0.1, 0.15) is 23.9 Å². The van der Waals surface area contributed by atoms with Crippen LogP contribution in [-0.4, -0.2) is 69.8 Å². The first-order valence-corrected chi connectivity index (χ1v) is 12.0. The van der Waals surface area contributed by atoms with Crippen molar-refractivity contribution in [3.05, 3.63) is 29.8 Å². The number of Topliss-reactive ketones (excluding diaryl/α,β-unsaturated/α-hetero) is 1. The van der Waals surface area contributed by atoms with Gasteiger partial charge in [0, 0.05) is 19.8 Å². The van der Waals surface area contributed by atoms with Gasteiger partial charge in [-0.2, -0.15) is 0 Å². The second kappa shape index (κ2) is 14.6. The van der Waals surface area contributed by atoms with Gasteiger partial charge >= 0.3 is 5.97 Å². The Morgan fingerprint density at radius 1 is 0.811 bits per heavy atom. The molecule has 0 bridgehead atoms. The molecule has 0 aliphatic carbocycles. The molecule has 4 amide bonds. The average Bonchev–Trinajstić information content (AvgIpc) is 2.81. The fourth-order valence-electron chi connectivity index (χ4n) is 3.44. The van der Waals surface area contributed by atoms with Gasteiger partial charge in [0.25, 0.3) is 0 Å². The lowest BCUT2D eigenvalue weighted by molar-refractivity contribution is -0.140. The molecule has 4 atom stereocenters. The van der Waals surface area contributed by atoms with Crippen molar-refractivity contribution in [3.8, 4) is 5.75 Å². The fraction of sp³-hybridized carbons (Fsp3) is 0.520. The van der Waals surface area contributed by atoms with Crippen molar-refractivity contribution in [2.75, 3.05) is 0 Å². The van der Waals surface area contributed by atoms with E-state index in [9.17, 15) is 33.9 Å². The maximum absolute atomic E-state index is 13.0. The average molecular weight is 521 g/mol. The number of rotatable bonds is 14. The predicted octanol–water partition coefficient (Wildman–Crippen LogP) is 0.0235. The van der Waals surface area contributed by atoms with E-state index in [1.165, 1.54) is 26.0 Å². The molecule has 0 fully saturated rings. The number of carboxylic acids is 1. The third-order valence-corrected chi connectivity index (χ3v) is 5.50. The number of phenolic OH excluding ortho intramolecular Hbond substituents is 1. The molecule has 0 aliphatic heterocycles. The highest BCUT2D eigenvalue weighted by Gasteiger charge is 2.31. The van der Waals surface area contributed by atoms with Crippen LogP contribution in [0.25, 0.3) is 0 Å². The molecule has 0 saturated heterocycles. The summed E-state index contributed by atoms with van der Waals surface area (Å²) in [5.74, 6) is -4.56. The molecule has 1 aromatic rings. The van der Waals surface area contributed by atoms with Crippen LogP contribution in [0.1, 0.15) is 53.0 Å². The molecule has 0 saturated carbocycles. The van der Waals surface area contributed by atoms with Crippen LogP contribution in [0.2, 0.25) is 0 Å². The lowest BCUT2D eigenvalue weighted by Crippen LogP contribution is -2.58. The molecular formula is C25H36N4O8. The number of aliphatic carboxylic acids is 1. The minimum Gasteiger partial charge on any atom is -0.508 e.